The molecule has 1 aromatic heterocycles. The minimum Gasteiger partial charge on any atom is -0.505 e. The number of phenols is 1. The van der Waals surface area contributed by atoms with E-state index in [1.807, 2.05) is 32.9 Å². The summed E-state index contributed by atoms with van der Waals surface area (Å²) in [5.41, 5.74) is 2.60. The molecule has 1 N–H and O–H groups in total. The van der Waals surface area contributed by atoms with Crippen LogP contribution in [0.4, 0.5) is 0 Å². The fourth-order valence-electron chi connectivity index (χ4n) is 6.89. The van der Waals surface area contributed by atoms with E-state index in [1.54, 1.807) is 18.2 Å². The molecule has 5 rings (SSSR count). The largest absolute Gasteiger partial charge is 0.505 e. The summed E-state index contributed by atoms with van der Waals surface area (Å²) in [6.07, 6.45) is 8.19. The number of fused-ring (bicyclic) bond motifs is 1. The minimum absolute atomic E-state index is 0.122. The van der Waals surface area contributed by atoms with E-state index >= 15 is 0 Å². The standard InChI is InChI=1S/C34H47ClN4O4/c1-32(2,3)26-17-22(18-29(31(26)41)38-36-27-15-14-23(35)19-28(27)37-38)13-16-30(40)42-25-20-33(4,5)39(34(6,7)21-25)43-24-11-9-8-10-12-24/h14-15,17-19,24-25,41H,8-13,16,20-21H2,1-7H3. The first-order chi connectivity index (χ1) is 20.1. The van der Waals surface area contributed by atoms with Crippen molar-refractivity contribution in [2.24, 2.45) is 0 Å². The summed E-state index contributed by atoms with van der Waals surface area (Å²) in [4.78, 5) is 21.2. The van der Waals surface area contributed by atoms with Crippen LogP contribution in [0.25, 0.3) is 16.7 Å². The van der Waals surface area contributed by atoms with Gasteiger partial charge in [0, 0.05) is 40.9 Å². The van der Waals surface area contributed by atoms with Gasteiger partial charge in [-0.25, -0.2) is 0 Å². The Morgan fingerprint density at radius 1 is 0.977 bits per heavy atom. The van der Waals surface area contributed by atoms with Gasteiger partial charge in [-0.05, 0) is 82.2 Å². The predicted molar refractivity (Wildman–Crippen MR) is 170 cm³/mol. The lowest BCUT2D eigenvalue weighted by Crippen LogP contribution is -2.63. The maximum atomic E-state index is 13.2. The van der Waals surface area contributed by atoms with E-state index < -0.39 is 0 Å². The summed E-state index contributed by atoms with van der Waals surface area (Å²) in [5.74, 6) is -0.0975. The number of carbonyl (C=O) groups excluding carboxylic acids is 1. The summed E-state index contributed by atoms with van der Waals surface area (Å²) < 4.78 is 6.10. The average molecular weight is 611 g/mol. The number of aryl methyl sites for hydroxylation is 1. The Labute approximate surface area is 260 Å². The first-order valence-electron chi connectivity index (χ1n) is 15.7. The third-order valence-electron chi connectivity index (χ3n) is 8.79. The number of halogens is 1. The van der Waals surface area contributed by atoms with Crippen LogP contribution in [0.3, 0.4) is 0 Å². The van der Waals surface area contributed by atoms with Crippen molar-refractivity contribution in [1.29, 1.82) is 0 Å². The first kappa shape index (κ1) is 31.7. The summed E-state index contributed by atoms with van der Waals surface area (Å²) in [5, 5.41) is 23.2. The molecule has 2 aliphatic rings. The van der Waals surface area contributed by atoms with Crippen LogP contribution < -0.4 is 0 Å². The number of ether oxygens (including phenoxy) is 1. The number of hydrogen-bond donors (Lipinski definition) is 1. The molecular formula is C34H47ClN4O4. The van der Waals surface area contributed by atoms with Gasteiger partial charge in [0.25, 0.3) is 0 Å². The van der Waals surface area contributed by atoms with Crippen LogP contribution in [-0.4, -0.2) is 54.4 Å². The van der Waals surface area contributed by atoms with E-state index in [0.717, 1.165) is 36.8 Å². The Kier molecular flexibility index (Phi) is 8.87. The molecule has 234 valence electrons. The first-order valence-corrected chi connectivity index (χ1v) is 16.1. The van der Waals surface area contributed by atoms with Crippen molar-refractivity contribution in [3.8, 4) is 11.4 Å². The third kappa shape index (κ3) is 7.18. The van der Waals surface area contributed by atoms with Crippen LogP contribution in [0.1, 0.15) is 111 Å². The number of hydrogen-bond acceptors (Lipinski definition) is 7. The van der Waals surface area contributed by atoms with Crippen LogP contribution in [0, 0.1) is 0 Å². The molecule has 9 heteroatoms. The number of benzene rings is 2. The molecule has 2 heterocycles. The van der Waals surface area contributed by atoms with E-state index in [-0.39, 0.29) is 46.8 Å². The molecule has 1 aliphatic heterocycles. The quantitative estimate of drug-likeness (QED) is 0.273. The molecule has 0 unspecified atom stereocenters. The van der Waals surface area contributed by atoms with Gasteiger partial charge in [0.05, 0.1) is 6.10 Å². The SMILES string of the molecule is CC(C)(C)c1cc(CCC(=O)OC2CC(C)(C)N(OC3CCCCC3)C(C)(C)C2)cc(-n2nc3ccc(Cl)cc3n2)c1O. The lowest BCUT2D eigenvalue weighted by molar-refractivity contribution is -0.318. The summed E-state index contributed by atoms with van der Waals surface area (Å²) >= 11 is 6.16. The molecule has 1 aliphatic carbocycles. The van der Waals surface area contributed by atoms with Crippen molar-refractivity contribution >= 4 is 28.6 Å². The Balaban J connectivity index is 1.29. The van der Waals surface area contributed by atoms with E-state index in [4.69, 9.17) is 21.2 Å². The van der Waals surface area contributed by atoms with Gasteiger partial charge in [0.15, 0.2) is 0 Å². The van der Waals surface area contributed by atoms with E-state index in [0.29, 0.717) is 28.2 Å². The zero-order chi connectivity index (χ0) is 31.2. The van der Waals surface area contributed by atoms with Gasteiger partial charge in [0.1, 0.15) is 28.6 Å². The van der Waals surface area contributed by atoms with Crippen molar-refractivity contribution < 1.29 is 19.5 Å². The molecule has 8 nitrogen and oxygen atoms in total. The molecule has 0 atom stereocenters. The van der Waals surface area contributed by atoms with Gasteiger partial charge in [-0.15, -0.1) is 15.0 Å². The Bertz CT molecular complexity index is 1450. The summed E-state index contributed by atoms with van der Waals surface area (Å²) in [6, 6.07) is 9.14. The monoisotopic (exact) mass is 610 g/mol. The second-order valence-electron chi connectivity index (χ2n) is 14.7. The lowest BCUT2D eigenvalue weighted by atomic mass is 9.80. The number of rotatable bonds is 7. The van der Waals surface area contributed by atoms with Crippen molar-refractivity contribution in [2.45, 2.75) is 135 Å². The average Bonchev–Trinajstić information content (AvgIpc) is 3.32. The zero-order valence-corrected chi connectivity index (χ0v) is 27.5. The van der Waals surface area contributed by atoms with Crippen LogP contribution in [0.2, 0.25) is 5.02 Å². The van der Waals surface area contributed by atoms with Gasteiger partial charge in [-0.2, -0.15) is 5.06 Å². The van der Waals surface area contributed by atoms with Crippen LogP contribution >= 0.6 is 11.6 Å². The number of hydroxylamine groups is 2. The molecule has 0 spiro atoms. The van der Waals surface area contributed by atoms with Gasteiger partial charge in [-0.1, -0.05) is 57.7 Å². The second-order valence-corrected chi connectivity index (χ2v) is 15.1. The number of phenolic OH excluding ortho intramolecular Hbond substituents is 1. The van der Waals surface area contributed by atoms with Crippen molar-refractivity contribution in [3.05, 3.63) is 46.5 Å². The smallest absolute Gasteiger partial charge is 0.306 e. The minimum atomic E-state index is -0.337. The molecule has 0 radical (unpaired) electrons. The highest BCUT2D eigenvalue weighted by atomic mass is 35.5. The molecule has 2 fully saturated rings. The van der Waals surface area contributed by atoms with Gasteiger partial charge in [-0.3, -0.25) is 9.63 Å². The van der Waals surface area contributed by atoms with Crippen LogP contribution in [0.15, 0.2) is 30.3 Å². The second kappa shape index (κ2) is 12.0. The summed E-state index contributed by atoms with van der Waals surface area (Å²) in [6.45, 7) is 14.9. The molecule has 0 amide bonds. The Morgan fingerprint density at radius 2 is 1.63 bits per heavy atom. The van der Waals surface area contributed by atoms with E-state index in [1.165, 1.54) is 24.1 Å². The normalized spacial score (nSPS) is 20.0. The third-order valence-corrected chi connectivity index (χ3v) is 9.03. The predicted octanol–water partition coefficient (Wildman–Crippen LogP) is 7.84. The zero-order valence-electron chi connectivity index (χ0n) is 26.7. The Hall–Kier alpha value is -2.68. The Morgan fingerprint density at radius 3 is 2.28 bits per heavy atom. The number of aromatic nitrogens is 3. The molecule has 0 bridgehead atoms. The molecule has 3 aromatic rings. The van der Waals surface area contributed by atoms with E-state index in [9.17, 15) is 9.90 Å². The maximum Gasteiger partial charge on any atom is 0.306 e. The fourth-order valence-corrected chi connectivity index (χ4v) is 7.06. The number of nitrogens with zero attached hydrogens (tertiary/aromatic N) is 4. The van der Waals surface area contributed by atoms with Crippen molar-refractivity contribution in [1.82, 2.24) is 20.1 Å². The molecule has 1 saturated carbocycles. The summed E-state index contributed by atoms with van der Waals surface area (Å²) in [7, 11) is 0. The van der Waals surface area contributed by atoms with Gasteiger partial charge in [0.2, 0.25) is 0 Å². The van der Waals surface area contributed by atoms with Crippen molar-refractivity contribution in [2.75, 3.05) is 0 Å². The highest BCUT2D eigenvalue weighted by molar-refractivity contribution is 6.31. The molecule has 1 saturated heterocycles. The maximum absolute atomic E-state index is 13.2. The molecular weight excluding hydrogens is 564 g/mol. The fraction of sp³-hybridized carbons (Fsp3) is 0.618. The number of carbonyl (C=O) groups is 1. The highest BCUT2D eigenvalue weighted by Crippen LogP contribution is 2.42. The molecule has 2 aromatic carbocycles. The van der Waals surface area contributed by atoms with Gasteiger partial charge >= 0.3 is 5.97 Å². The highest BCUT2D eigenvalue weighted by Gasteiger charge is 2.48. The van der Waals surface area contributed by atoms with Crippen LogP contribution in [0.5, 0.6) is 5.75 Å². The van der Waals surface area contributed by atoms with E-state index in [2.05, 4.69) is 43.0 Å². The lowest BCUT2D eigenvalue weighted by Gasteiger charge is -2.54. The topological polar surface area (TPSA) is 89.7 Å². The number of esters is 1. The number of piperidine rings is 1. The molecule has 43 heavy (non-hydrogen) atoms. The van der Waals surface area contributed by atoms with Crippen molar-refractivity contribution in [3.63, 3.8) is 0 Å². The van der Waals surface area contributed by atoms with Crippen LogP contribution in [-0.2, 0) is 26.2 Å². The number of aromatic hydroxyl groups is 1. The van der Waals surface area contributed by atoms with Gasteiger partial charge < -0.3 is 9.84 Å².